The number of hydrogen-bond donors (Lipinski definition) is 2. The zero-order valence-electron chi connectivity index (χ0n) is 40.8. The molecular formula is C51H58BN12O5. The highest BCUT2D eigenvalue weighted by Crippen LogP contribution is 2.25. The fourth-order valence-corrected chi connectivity index (χ4v) is 7.75. The van der Waals surface area contributed by atoms with Crippen molar-refractivity contribution < 1.29 is 23.8 Å². The van der Waals surface area contributed by atoms with E-state index in [0.717, 1.165) is 141 Å². The predicted octanol–water partition coefficient (Wildman–Crippen LogP) is 4.91. The van der Waals surface area contributed by atoms with E-state index in [1.165, 1.54) is 7.11 Å². The number of aromatic nitrogens is 8. The number of amides is 1. The number of rotatable bonds is 13. The van der Waals surface area contributed by atoms with Gasteiger partial charge in [0, 0.05) is 85.3 Å². The lowest BCUT2D eigenvalue weighted by atomic mass is 10.1. The Labute approximate surface area is 406 Å². The van der Waals surface area contributed by atoms with Gasteiger partial charge in [-0.05, 0) is 108 Å². The summed E-state index contributed by atoms with van der Waals surface area (Å²) in [6.07, 6.45) is 12.6. The molecule has 2 saturated heterocycles. The first-order valence-electron chi connectivity index (χ1n) is 24.0. The van der Waals surface area contributed by atoms with Gasteiger partial charge in [-0.1, -0.05) is 24.3 Å². The fraction of sp³-hybridized carbons (Fsp3) is 0.294. The summed E-state index contributed by atoms with van der Waals surface area (Å²) in [7, 11) is 1.87. The van der Waals surface area contributed by atoms with E-state index in [9.17, 15) is 9.59 Å². The van der Waals surface area contributed by atoms with Crippen LogP contribution in [-0.2, 0) is 14.2 Å². The van der Waals surface area contributed by atoms with Crippen molar-refractivity contribution in [1.29, 1.82) is 2.67 Å². The molecule has 8 aromatic rings. The van der Waals surface area contributed by atoms with Crippen molar-refractivity contribution in [3.8, 4) is 45.0 Å². The number of ether oxygens (including phenoxy) is 3. The molecule has 0 saturated carbocycles. The van der Waals surface area contributed by atoms with Crippen LogP contribution in [0.4, 0.5) is 0 Å². The molecule has 6 aromatic heterocycles. The number of benzene rings is 2. The third-order valence-corrected chi connectivity index (χ3v) is 11.5. The van der Waals surface area contributed by atoms with Gasteiger partial charge in [-0.3, -0.25) is 24.6 Å². The van der Waals surface area contributed by atoms with Gasteiger partial charge in [0.25, 0.3) is 5.91 Å². The number of carbonyl (C=O) groups is 2. The normalized spacial score (nSPS) is 14.1. The van der Waals surface area contributed by atoms with Gasteiger partial charge in [0.15, 0.2) is 11.3 Å². The number of nitrogens with two attached hydrogens (primary N) is 1. The minimum Gasteiger partial charge on any atom is -0.465 e. The first-order valence-corrected chi connectivity index (χ1v) is 22.9. The van der Waals surface area contributed by atoms with Crippen molar-refractivity contribution in [3.63, 3.8) is 0 Å². The van der Waals surface area contributed by atoms with E-state index in [2.05, 4.69) is 35.1 Å². The quantitative estimate of drug-likeness (QED) is 0.0901. The topological polar surface area (TPSA) is 193 Å². The summed E-state index contributed by atoms with van der Waals surface area (Å²) in [5.41, 5.74) is 15.3. The summed E-state index contributed by atoms with van der Waals surface area (Å²) >= 11 is 0. The van der Waals surface area contributed by atoms with Crippen LogP contribution in [0.3, 0.4) is 0 Å². The lowest BCUT2D eigenvalue weighted by Crippen LogP contribution is -2.38. The van der Waals surface area contributed by atoms with Gasteiger partial charge in [0.05, 0.1) is 82.6 Å². The number of fused-ring (bicyclic) bond motifs is 2. The summed E-state index contributed by atoms with van der Waals surface area (Å²) in [4.78, 5) is 45.8. The molecule has 2 aromatic carbocycles. The number of nitrogens with zero attached hydrogens (tertiary/aromatic N) is 10. The highest BCUT2D eigenvalue weighted by molar-refractivity contribution is 5.94. The Morgan fingerprint density at radius 1 is 0.667 bits per heavy atom. The number of esters is 1. The predicted molar refractivity (Wildman–Crippen MR) is 268 cm³/mol. The van der Waals surface area contributed by atoms with Crippen LogP contribution in [0, 0.1) is 0 Å². The van der Waals surface area contributed by atoms with Crippen LogP contribution in [0.25, 0.3) is 56.3 Å². The van der Waals surface area contributed by atoms with Gasteiger partial charge < -0.3 is 25.3 Å². The Kier molecular flexibility index (Phi) is 17.1. The molecule has 2 aliphatic heterocycles. The summed E-state index contributed by atoms with van der Waals surface area (Å²) < 4.78 is 30.4. The maximum absolute atomic E-state index is 12.5. The Morgan fingerprint density at radius 3 is 1.57 bits per heavy atom. The Balaban J connectivity index is 0.000000171. The Morgan fingerprint density at radius 2 is 1.12 bits per heavy atom. The van der Waals surface area contributed by atoms with Gasteiger partial charge in [-0.2, -0.15) is 10.2 Å². The average Bonchev–Trinajstić information content (AvgIpc) is 4.07. The van der Waals surface area contributed by atoms with E-state index in [0.29, 0.717) is 26.0 Å². The molecule has 0 aliphatic carbocycles. The van der Waals surface area contributed by atoms with Gasteiger partial charge in [-0.15, -0.1) is 0 Å². The van der Waals surface area contributed by atoms with Gasteiger partial charge in [0.2, 0.25) is 0 Å². The first kappa shape index (κ1) is 46.9. The van der Waals surface area contributed by atoms with E-state index < -0.39 is 0 Å². The molecule has 18 heteroatoms. The molecule has 69 heavy (non-hydrogen) atoms. The van der Waals surface area contributed by atoms with Crippen LogP contribution in [0.15, 0.2) is 134 Å². The van der Waals surface area contributed by atoms with Crippen LogP contribution < -0.4 is 11.1 Å². The van der Waals surface area contributed by atoms with Crippen molar-refractivity contribution in [2.24, 2.45) is 5.73 Å². The second-order valence-electron chi connectivity index (χ2n) is 16.0. The van der Waals surface area contributed by atoms with Crippen molar-refractivity contribution in [1.82, 2.24) is 54.3 Å². The summed E-state index contributed by atoms with van der Waals surface area (Å²) in [5.74, 6) is -0.414. The van der Waals surface area contributed by atoms with E-state index in [1.54, 1.807) is 53.8 Å². The third kappa shape index (κ3) is 13.3. The highest BCUT2D eigenvalue weighted by Gasteiger charge is 2.14. The van der Waals surface area contributed by atoms with Crippen molar-refractivity contribution >= 4 is 31.5 Å². The van der Waals surface area contributed by atoms with Crippen molar-refractivity contribution in [2.45, 2.75) is 12.8 Å². The standard InChI is InChI=1S/C25H26N6O2.C19H14N4O2.C7H16N2O.BH2/c32-25(27-10-1-13-30-14-16-33-17-15-30)21-4-2-20(3-5-21)23-18-28-24-7-6-22(29-31(23)24)19-8-11-26-12-9-19;1-25-19(24)15-4-2-14(3-5-15)17-12-21-18-7-6-16(22-23(17)18)13-8-10-20-11-9-13;8-2-1-3-9-4-6-10-7-5-9;/h2-9,11-12,18H,1,10,13-17H2,(H,27,32);2-12H,1H3;1-8H2;1H2/i;;;1TD. The first-order chi connectivity index (χ1) is 34.9. The number of pyridine rings is 2. The molecule has 2 fully saturated rings. The van der Waals surface area contributed by atoms with E-state index >= 15 is 0 Å². The minimum atomic E-state index is -0.359. The van der Waals surface area contributed by atoms with Crippen LogP contribution in [0.2, 0.25) is 0 Å². The average molecular weight is 933 g/mol. The number of imidazole rings is 2. The smallest absolute Gasteiger partial charge is 0.337 e. The second-order valence-corrected chi connectivity index (χ2v) is 16.0. The van der Waals surface area contributed by atoms with Gasteiger partial charge in [0.1, 0.15) is 0 Å². The van der Waals surface area contributed by atoms with Crippen LogP contribution in [0.1, 0.15) is 33.6 Å². The summed E-state index contributed by atoms with van der Waals surface area (Å²) in [5, 5.41) is 12.5. The van der Waals surface area contributed by atoms with Gasteiger partial charge >= 0.3 is 5.97 Å². The molecule has 1 amide bonds. The number of morpholine rings is 2. The lowest BCUT2D eigenvalue weighted by molar-refractivity contribution is 0.0374. The van der Waals surface area contributed by atoms with Crippen molar-refractivity contribution in [3.05, 3.63) is 145 Å². The molecule has 2 aliphatic rings. The van der Waals surface area contributed by atoms with E-state index in [4.69, 9.17) is 32.8 Å². The molecule has 10 rings (SSSR count). The fourth-order valence-electron chi connectivity index (χ4n) is 7.75. The molecule has 0 unspecified atom stereocenters. The molecule has 3 N–H and O–H groups in total. The maximum Gasteiger partial charge on any atom is 0.337 e. The second kappa shape index (κ2) is 25.2. The summed E-state index contributed by atoms with van der Waals surface area (Å²) in [6.45, 7) is 11.1. The zero-order chi connectivity index (χ0) is 49.6. The van der Waals surface area contributed by atoms with E-state index in [-0.39, 0.29) is 11.9 Å². The SMILES string of the molecule is COC(=O)c1ccc(-c2cnc3ccc(-c4ccncc4)nn23)cc1.NCCCN1CCOCC1.O=C(NCCCN1CCOCC1)c1ccc(-c2cnc3ccc(-c4ccncc4)nn23)cc1.[2H][B][3H]. The monoisotopic (exact) mass is 932 g/mol. The third-order valence-electron chi connectivity index (χ3n) is 11.5. The molecule has 355 valence electrons. The zero-order valence-corrected chi connectivity index (χ0v) is 38.8. The molecule has 17 nitrogen and oxygen atoms in total. The van der Waals surface area contributed by atoms with Crippen LogP contribution in [0.5, 0.6) is 0 Å². The minimum absolute atomic E-state index is 0.0558. The molecule has 8 heterocycles. The highest BCUT2D eigenvalue weighted by atomic mass is 16.5. The summed E-state index contributed by atoms with van der Waals surface area (Å²) in [6, 6.07) is 30.2. The maximum atomic E-state index is 12.5. The molecular weight excluding hydrogens is 871 g/mol. The molecule has 0 spiro atoms. The van der Waals surface area contributed by atoms with E-state index in [1.807, 2.05) is 89.4 Å². The Hall–Kier alpha value is -7.22. The number of hydrogen-bond acceptors (Lipinski definition) is 14. The van der Waals surface area contributed by atoms with Crippen molar-refractivity contribution in [2.75, 3.05) is 85.9 Å². The molecule has 1 radical (unpaired) electrons. The number of methoxy groups -OCH3 is 1. The number of carbonyl (C=O) groups excluding carboxylic acids is 2. The Bertz CT molecular complexity index is 2870. The molecule has 0 atom stereocenters. The van der Waals surface area contributed by atoms with Gasteiger partial charge in [-0.25, -0.2) is 23.8 Å². The van der Waals surface area contributed by atoms with Crippen LogP contribution >= 0.6 is 0 Å². The van der Waals surface area contributed by atoms with Crippen LogP contribution in [-0.4, -0.2) is 158 Å². The lowest BCUT2D eigenvalue weighted by Gasteiger charge is -2.26. The molecule has 0 bridgehead atoms. The largest absolute Gasteiger partial charge is 0.465 e. The number of nitrogens with one attached hydrogen (secondary N) is 1.